The predicted octanol–water partition coefficient (Wildman–Crippen LogP) is 16.5. The molecule has 0 atom stereocenters. The highest BCUT2D eigenvalue weighted by atomic mass is 15.0. The number of hydrogen-bond donors (Lipinski definition) is 0. The average Bonchev–Trinajstić information content (AvgIpc) is 3.58. The predicted molar refractivity (Wildman–Crippen MR) is 256 cm³/mol. The summed E-state index contributed by atoms with van der Waals surface area (Å²) in [5.74, 6) is 0. The van der Waals surface area contributed by atoms with E-state index >= 15 is 0 Å². The summed E-state index contributed by atoms with van der Waals surface area (Å²) in [4.78, 5) is 0. The third-order valence-electron chi connectivity index (χ3n) is 13.3. The van der Waals surface area contributed by atoms with Gasteiger partial charge in [0.2, 0.25) is 0 Å². The molecule has 1 aromatic heterocycles. The van der Waals surface area contributed by atoms with Crippen LogP contribution in [0.15, 0.2) is 164 Å². The molecule has 59 heavy (non-hydrogen) atoms. The molecule has 0 N–H and O–H groups in total. The van der Waals surface area contributed by atoms with Crippen molar-refractivity contribution in [3.8, 4) is 27.9 Å². The van der Waals surface area contributed by atoms with Crippen LogP contribution < -0.4 is 0 Å². The maximum absolute atomic E-state index is 2.48. The molecule has 0 saturated heterocycles. The van der Waals surface area contributed by atoms with Crippen molar-refractivity contribution >= 4 is 86.4 Å². The summed E-state index contributed by atoms with van der Waals surface area (Å²) < 4.78 is 2.48. The second kappa shape index (κ2) is 11.9. The minimum atomic E-state index is 0.0692. The SMILES string of the molecule is CC(C)(C)c1cc2ccc3ccc(-c4cc(-c5ccc6ccc7cc(C(C)(C)C)cc8ccc5c6c78)cc(-n5c6ccccc6c6ccccc65)c4)c4ccc(c1)c2c34. The van der Waals surface area contributed by atoms with Crippen molar-refractivity contribution in [2.75, 3.05) is 0 Å². The Morgan fingerprint density at radius 2 is 0.695 bits per heavy atom. The number of nitrogens with zero attached hydrogens (tertiary/aromatic N) is 1. The van der Waals surface area contributed by atoms with Crippen molar-refractivity contribution in [3.63, 3.8) is 0 Å². The summed E-state index contributed by atoms with van der Waals surface area (Å²) in [6, 6.07) is 62.8. The lowest BCUT2D eigenvalue weighted by Gasteiger charge is -2.22. The van der Waals surface area contributed by atoms with E-state index < -0.39 is 0 Å². The second-order valence-corrected chi connectivity index (χ2v) is 19.0. The first-order valence-corrected chi connectivity index (χ1v) is 21.1. The van der Waals surface area contributed by atoms with Crippen LogP contribution in [0.3, 0.4) is 0 Å². The van der Waals surface area contributed by atoms with Gasteiger partial charge < -0.3 is 4.57 Å². The van der Waals surface area contributed by atoms with E-state index in [1.165, 1.54) is 120 Å². The Labute approximate surface area is 344 Å². The summed E-state index contributed by atoms with van der Waals surface area (Å²) in [6.07, 6.45) is 0. The topological polar surface area (TPSA) is 4.93 Å². The van der Waals surface area contributed by atoms with Crippen molar-refractivity contribution < 1.29 is 0 Å². The molecule has 0 amide bonds. The van der Waals surface area contributed by atoms with Crippen molar-refractivity contribution in [1.82, 2.24) is 4.57 Å². The number of benzene rings is 11. The van der Waals surface area contributed by atoms with Gasteiger partial charge in [0.1, 0.15) is 0 Å². The molecule has 0 unspecified atom stereocenters. The van der Waals surface area contributed by atoms with Gasteiger partial charge in [-0.25, -0.2) is 0 Å². The molecule has 1 nitrogen and oxygen atoms in total. The van der Waals surface area contributed by atoms with Crippen LogP contribution >= 0.6 is 0 Å². The summed E-state index contributed by atoms with van der Waals surface area (Å²) in [6.45, 7) is 13.9. The van der Waals surface area contributed by atoms with Crippen LogP contribution in [0, 0.1) is 0 Å². The Morgan fingerprint density at radius 1 is 0.322 bits per heavy atom. The van der Waals surface area contributed by atoms with Gasteiger partial charge in [-0.2, -0.15) is 0 Å². The Hall–Kier alpha value is -6.70. The van der Waals surface area contributed by atoms with Crippen LogP contribution in [0.1, 0.15) is 52.7 Å². The summed E-state index contributed by atoms with van der Waals surface area (Å²) >= 11 is 0. The van der Waals surface area contributed by atoms with Crippen molar-refractivity contribution in [3.05, 3.63) is 175 Å². The number of hydrogen-bond acceptors (Lipinski definition) is 0. The fraction of sp³-hybridized carbons (Fsp3) is 0.138. The van der Waals surface area contributed by atoms with Crippen molar-refractivity contribution in [2.24, 2.45) is 0 Å². The van der Waals surface area contributed by atoms with Gasteiger partial charge in [0.15, 0.2) is 0 Å². The molecule has 0 aliphatic heterocycles. The minimum absolute atomic E-state index is 0.0692. The van der Waals surface area contributed by atoms with Crippen molar-refractivity contribution in [2.45, 2.75) is 52.4 Å². The van der Waals surface area contributed by atoms with E-state index in [2.05, 4.69) is 210 Å². The second-order valence-electron chi connectivity index (χ2n) is 19.0. The molecule has 12 aromatic rings. The smallest absolute Gasteiger partial charge is 0.0541 e. The molecule has 0 spiro atoms. The Kier molecular flexibility index (Phi) is 6.95. The first-order valence-electron chi connectivity index (χ1n) is 21.1. The van der Waals surface area contributed by atoms with Crippen LogP contribution in [0.4, 0.5) is 0 Å². The van der Waals surface area contributed by atoms with Gasteiger partial charge in [-0.3, -0.25) is 0 Å². The molecule has 12 rings (SSSR count). The van der Waals surface area contributed by atoms with Crippen LogP contribution in [0.5, 0.6) is 0 Å². The standard InChI is InChI=1S/C58H45N/c1-57(2,3)42-28-36-17-15-34-19-23-45(49-25-21-38(30-42)53(36)55(34)49)40-27-41(33-44(32-40)59-51-13-9-7-11-47(51)48-12-8-10-14-52(48)59)46-24-20-35-16-18-37-29-43(58(4,5)6)31-39-22-26-50(46)56(35)54(37)39/h7-33H,1-6H3. The molecular formula is C58H45N. The molecule has 0 aliphatic carbocycles. The zero-order valence-corrected chi connectivity index (χ0v) is 34.5. The van der Waals surface area contributed by atoms with Gasteiger partial charge in [-0.1, -0.05) is 175 Å². The summed E-state index contributed by atoms with van der Waals surface area (Å²) in [5, 5.41) is 18.3. The van der Waals surface area contributed by atoms with E-state index in [9.17, 15) is 0 Å². The Bertz CT molecular complexity index is 3400. The number of fused-ring (bicyclic) bond motifs is 3. The Balaban J connectivity index is 1.16. The lowest BCUT2D eigenvalue weighted by molar-refractivity contribution is 0.591. The third-order valence-corrected chi connectivity index (χ3v) is 13.3. The lowest BCUT2D eigenvalue weighted by atomic mass is 9.82. The highest BCUT2D eigenvalue weighted by Crippen LogP contribution is 2.46. The normalized spacial score (nSPS) is 12.9. The van der Waals surface area contributed by atoms with E-state index in [1.54, 1.807) is 0 Å². The molecule has 0 aliphatic rings. The quantitative estimate of drug-likeness (QED) is 0.158. The minimum Gasteiger partial charge on any atom is -0.309 e. The number of aromatic nitrogens is 1. The highest BCUT2D eigenvalue weighted by Gasteiger charge is 2.22. The summed E-state index contributed by atoms with van der Waals surface area (Å²) in [7, 11) is 0. The van der Waals surface area contributed by atoms with E-state index in [-0.39, 0.29) is 10.8 Å². The largest absolute Gasteiger partial charge is 0.309 e. The zero-order valence-electron chi connectivity index (χ0n) is 34.5. The molecule has 1 heterocycles. The van der Waals surface area contributed by atoms with Crippen LogP contribution in [0.2, 0.25) is 0 Å². The summed E-state index contributed by atoms with van der Waals surface area (Å²) in [5.41, 5.74) is 11.4. The van der Waals surface area contributed by atoms with Crippen molar-refractivity contribution in [1.29, 1.82) is 0 Å². The third kappa shape index (κ3) is 5.04. The fourth-order valence-corrected chi connectivity index (χ4v) is 10.3. The van der Waals surface area contributed by atoms with Gasteiger partial charge in [0, 0.05) is 16.5 Å². The zero-order chi connectivity index (χ0) is 39.9. The Morgan fingerprint density at radius 3 is 1.12 bits per heavy atom. The first kappa shape index (κ1) is 34.4. The van der Waals surface area contributed by atoms with E-state index in [1.807, 2.05) is 0 Å². The van der Waals surface area contributed by atoms with Crippen LogP contribution in [-0.4, -0.2) is 4.57 Å². The van der Waals surface area contributed by atoms with Crippen LogP contribution in [-0.2, 0) is 10.8 Å². The van der Waals surface area contributed by atoms with Gasteiger partial charge in [0.05, 0.1) is 11.0 Å². The number of rotatable bonds is 3. The maximum atomic E-state index is 2.48. The average molecular weight is 756 g/mol. The first-order chi connectivity index (χ1) is 28.5. The van der Waals surface area contributed by atoms with E-state index in [0.717, 1.165) is 5.69 Å². The molecule has 0 saturated carbocycles. The molecule has 11 aromatic carbocycles. The molecule has 0 bridgehead atoms. The van der Waals surface area contributed by atoms with E-state index in [4.69, 9.17) is 0 Å². The van der Waals surface area contributed by atoms with Gasteiger partial charge >= 0.3 is 0 Å². The van der Waals surface area contributed by atoms with Gasteiger partial charge in [-0.05, 0) is 139 Å². The van der Waals surface area contributed by atoms with Gasteiger partial charge in [-0.15, -0.1) is 0 Å². The molecule has 282 valence electrons. The highest BCUT2D eigenvalue weighted by molar-refractivity contribution is 6.27. The van der Waals surface area contributed by atoms with Crippen LogP contribution in [0.25, 0.3) is 114 Å². The molecule has 1 heteroatoms. The monoisotopic (exact) mass is 755 g/mol. The van der Waals surface area contributed by atoms with Gasteiger partial charge in [0.25, 0.3) is 0 Å². The number of para-hydroxylation sites is 2. The molecular weight excluding hydrogens is 711 g/mol. The van der Waals surface area contributed by atoms with E-state index in [0.29, 0.717) is 0 Å². The fourth-order valence-electron chi connectivity index (χ4n) is 10.3. The molecule has 0 radical (unpaired) electrons. The lowest BCUT2D eigenvalue weighted by Crippen LogP contribution is -2.10. The molecule has 0 fully saturated rings. The maximum Gasteiger partial charge on any atom is 0.0541 e.